The fourth-order valence-corrected chi connectivity index (χ4v) is 2.39. The van der Waals surface area contributed by atoms with Crippen LogP contribution >= 0.6 is 0 Å². The third-order valence-electron chi connectivity index (χ3n) is 3.56. The summed E-state index contributed by atoms with van der Waals surface area (Å²) in [5, 5.41) is 3.42. The summed E-state index contributed by atoms with van der Waals surface area (Å²) in [4.78, 5) is 2.48. The van der Waals surface area contributed by atoms with Crippen molar-refractivity contribution in [3.63, 3.8) is 0 Å². The van der Waals surface area contributed by atoms with Gasteiger partial charge in [-0.3, -0.25) is 4.90 Å². The first kappa shape index (κ1) is 13.9. The van der Waals surface area contributed by atoms with Gasteiger partial charge in [0, 0.05) is 19.1 Å². The first-order valence-corrected chi connectivity index (χ1v) is 6.83. The highest BCUT2D eigenvalue weighted by molar-refractivity contribution is 4.81. The fraction of sp³-hybridized carbons (Fsp3) is 1.00. The van der Waals surface area contributed by atoms with Crippen molar-refractivity contribution in [2.75, 3.05) is 33.3 Å². The van der Waals surface area contributed by atoms with E-state index in [1.807, 2.05) is 0 Å². The number of nitrogens with zero attached hydrogens (tertiary/aromatic N) is 1. The van der Waals surface area contributed by atoms with Crippen LogP contribution < -0.4 is 5.32 Å². The summed E-state index contributed by atoms with van der Waals surface area (Å²) in [6.07, 6.45) is 5.57. The zero-order chi connectivity index (χ0) is 11.8. The molecule has 0 bridgehead atoms. The van der Waals surface area contributed by atoms with E-state index in [0.717, 1.165) is 26.2 Å². The summed E-state index contributed by atoms with van der Waals surface area (Å²) in [5.41, 5.74) is 0. The predicted molar refractivity (Wildman–Crippen MR) is 68.8 cm³/mol. The van der Waals surface area contributed by atoms with E-state index in [1.54, 1.807) is 0 Å². The van der Waals surface area contributed by atoms with Gasteiger partial charge >= 0.3 is 0 Å². The molecule has 1 saturated heterocycles. The number of ether oxygens (including phenoxy) is 1. The van der Waals surface area contributed by atoms with Crippen molar-refractivity contribution in [2.24, 2.45) is 0 Å². The SMILES string of the molecule is CCCCCC(NC)C1CN(CC)CCO1. The Bertz CT molecular complexity index is 175. The van der Waals surface area contributed by atoms with Crippen molar-refractivity contribution in [3.8, 4) is 0 Å². The quantitative estimate of drug-likeness (QED) is 0.673. The van der Waals surface area contributed by atoms with Crippen LogP contribution in [0, 0.1) is 0 Å². The van der Waals surface area contributed by atoms with E-state index < -0.39 is 0 Å². The zero-order valence-electron chi connectivity index (χ0n) is 11.2. The van der Waals surface area contributed by atoms with Crippen molar-refractivity contribution in [1.82, 2.24) is 10.2 Å². The van der Waals surface area contributed by atoms with Crippen molar-refractivity contribution in [2.45, 2.75) is 51.7 Å². The Kier molecular flexibility index (Phi) is 7.01. The summed E-state index contributed by atoms with van der Waals surface area (Å²) >= 11 is 0. The lowest BCUT2D eigenvalue weighted by atomic mass is 10.0. The summed E-state index contributed by atoms with van der Waals surface area (Å²) in [7, 11) is 2.06. The van der Waals surface area contributed by atoms with Crippen molar-refractivity contribution in [3.05, 3.63) is 0 Å². The summed E-state index contributed by atoms with van der Waals surface area (Å²) in [6, 6.07) is 0.529. The Morgan fingerprint density at radius 3 is 2.81 bits per heavy atom. The molecule has 1 N–H and O–H groups in total. The van der Waals surface area contributed by atoms with Crippen LogP contribution in [0.4, 0.5) is 0 Å². The number of likely N-dealkylation sites (N-methyl/N-ethyl adjacent to an activating group) is 2. The van der Waals surface area contributed by atoms with Gasteiger partial charge in [0.1, 0.15) is 0 Å². The maximum absolute atomic E-state index is 5.89. The number of hydrogen-bond acceptors (Lipinski definition) is 3. The van der Waals surface area contributed by atoms with Gasteiger partial charge in [-0.25, -0.2) is 0 Å². The van der Waals surface area contributed by atoms with Crippen molar-refractivity contribution >= 4 is 0 Å². The second-order valence-corrected chi connectivity index (χ2v) is 4.69. The number of unbranched alkanes of at least 4 members (excludes halogenated alkanes) is 2. The molecular formula is C13H28N2O. The van der Waals surface area contributed by atoms with Crippen LogP contribution in [0.1, 0.15) is 39.5 Å². The topological polar surface area (TPSA) is 24.5 Å². The molecule has 2 unspecified atom stereocenters. The Labute approximate surface area is 101 Å². The molecule has 0 amide bonds. The third kappa shape index (κ3) is 4.40. The number of morpholine rings is 1. The van der Waals surface area contributed by atoms with Crippen molar-refractivity contribution < 1.29 is 4.74 Å². The van der Waals surface area contributed by atoms with Gasteiger partial charge in [0.05, 0.1) is 12.7 Å². The van der Waals surface area contributed by atoms with Gasteiger partial charge in [-0.15, -0.1) is 0 Å². The number of hydrogen-bond donors (Lipinski definition) is 1. The maximum atomic E-state index is 5.89. The van der Waals surface area contributed by atoms with E-state index in [1.165, 1.54) is 25.7 Å². The molecule has 2 atom stereocenters. The second kappa shape index (κ2) is 8.04. The third-order valence-corrected chi connectivity index (χ3v) is 3.56. The summed E-state index contributed by atoms with van der Waals surface area (Å²) < 4.78 is 5.89. The van der Waals surface area contributed by atoms with E-state index in [2.05, 4.69) is 31.1 Å². The maximum Gasteiger partial charge on any atom is 0.0855 e. The van der Waals surface area contributed by atoms with Gasteiger partial charge < -0.3 is 10.1 Å². The van der Waals surface area contributed by atoms with Crippen LogP contribution in [0.2, 0.25) is 0 Å². The molecule has 16 heavy (non-hydrogen) atoms. The Balaban J connectivity index is 2.32. The first-order chi connectivity index (χ1) is 7.81. The molecular weight excluding hydrogens is 200 g/mol. The molecule has 0 aromatic heterocycles. The van der Waals surface area contributed by atoms with Crippen LogP contribution in [0.25, 0.3) is 0 Å². The van der Waals surface area contributed by atoms with Crippen LogP contribution in [-0.2, 0) is 4.74 Å². The number of rotatable bonds is 7. The van der Waals surface area contributed by atoms with Gasteiger partial charge in [0.2, 0.25) is 0 Å². The predicted octanol–water partition coefficient (Wildman–Crippen LogP) is 1.88. The van der Waals surface area contributed by atoms with Gasteiger partial charge in [-0.05, 0) is 20.0 Å². The lowest BCUT2D eigenvalue weighted by molar-refractivity contribution is -0.0453. The molecule has 96 valence electrons. The molecule has 1 rings (SSSR count). The molecule has 1 fully saturated rings. The molecule has 0 radical (unpaired) electrons. The lowest BCUT2D eigenvalue weighted by Crippen LogP contribution is -2.51. The van der Waals surface area contributed by atoms with Crippen molar-refractivity contribution in [1.29, 1.82) is 0 Å². The van der Waals surface area contributed by atoms with Gasteiger partial charge in [0.15, 0.2) is 0 Å². The molecule has 1 aliphatic heterocycles. The molecule has 1 heterocycles. The highest BCUT2D eigenvalue weighted by Gasteiger charge is 2.25. The first-order valence-electron chi connectivity index (χ1n) is 6.83. The molecule has 0 spiro atoms. The van der Waals surface area contributed by atoms with Crippen LogP contribution in [-0.4, -0.2) is 50.3 Å². The zero-order valence-corrected chi connectivity index (χ0v) is 11.2. The fourth-order valence-electron chi connectivity index (χ4n) is 2.39. The standard InChI is InChI=1S/C13H28N2O/c1-4-6-7-8-12(14-3)13-11-15(5-2)9-10-16-13/h12-14H,4-11H2,1-3H3. The molecule has 1 aliphatic rings. The highest BCUT2D eigenvalue weighted by Crippen LogP contribution is 2.14. The lowest BCUT2D eigenvalue weighted by Gasteiger charge is -2.36. The second-order valence-electron chi connectivity index (χ2n) is 4.69. The van der Waals surface area contributed by atoms with E-state index >= 15 is 0 Å². The van der Waals surface area contributed by atoms with Gasteiger partial charge in [0.25, 0.3) is 0 Å². The van der Waals surface area contributed by atoms with E-state index in [4.69, 9.17) is 4.74 Å². The Morgan fingerprint density at radius 1 is 1.38 bits per heavy atom. The van der Waals surface area contributed by atoms with E-state index in [-0.39, 0.29) is 0 Å². The van der Waals surface area contributed by atoms with Gasteiger partial charge in [-0.1, -0.05) is 33.1 Å². The number of nitrogens with one attached hydrogen (secondary N) is 1. The molecule has 3 nitrogen and oxygen atoms in total. The van der Waals surface area contributed by atoms with Crippen LogP contribution in [0.3, 0.4) is 0 Å². The normalized spacial score (nSPS) is 24.6. The van der Waals surface area contributed by atoms with Crippen LogP contribution in [0.5, 0.6) is 0 Å². The summed E-state index contributed by atoms with van der Waals surface area (Å²) in [6.45, 7) is 8.71. The van der Waals surface area contributed by atoms with Crippen LogP contribution in [0.15, 0.2) is 0 Å². The van der Waals surface area contributed by atoms with E-state index in [9.17, 15) is 0 Å². The molecule has 0 aromatic carbocycles. The molecule has 0 aliphatic carbocycles. The molecule has 0 aromatic rings. The van der Waals surface area contributed by atoms with Gasteiger partial charge in [-0.2, -0.15) is 0 Å². The minimum absolute atomic E-state index is 0.385. The average molecular weight is 228 g/mol. The molecule has 3 heteroatoms. The highest BCUT2D eigenvalue weighted by atomic mass is 16.5. The smallest absolute Gasteiger partial charge is 0.0855 e. The van der Waals surface area contributed by atoms with E-state index in [0.29, 0.717) is 12.1 Å². The minimum atomic E-state index is 0.385. The Morgan fingerprint density at radius 2 is 2.19 bits per heavy atom. The molecule has 0 saturated carbocycles. The minimum Gasteiger partial charge on any atom is -0.374 e. The monoisotopic (exact) mass is 228 g/mol. The largest absolute Gasteiger partial charge is 0.374 e. The Hall–Kier alpha value is -0.120. The summed E-state index contributed by atoms with van der Waals surface area (Å²) in [5.74, 6) is 0. The average Bonchev–Trinajstić information content (AvgIpc) is 2.35.